The van der Waals surface area contributed by atoms with Gasteiger partial charge in [0.1, 0.15) is 0 Å². The van der Waals surface area contributed by atoms with Crippen molar-refractivity contribution in [1.29, 1.82) is 0 Å². The van der Waals surface area contributed by atoms with Crippen LogP contribution in [0.15, 0.2) is 22.6 Å². The predicted molar refractivity (Wildman–Crippen MR) is 69.8 cm³/mol. The molecule has 0 atom stereocenters. The first kappa shape index (κ1) is 13.2. The van der Waals surface area contributed by atoms with Gasteiger partial charge in [-0.1, -0.05) is 20.8 Å². The second-order valence-corrected chi connectivity index (χ2v) is 5.42. The highest BCUT2D eigenvalue weighted by Gasteiger charge is 2.22. The van der Waals surface area contributed by atoms with E-state index in [1.54, 1.807) is 19.1 Å². The highest BCUT2D eigenvalue weighted by Crippen LogP contribution is 2.28. The Kier molecular flexibility index (Phi) is 3.09. The van der Waals surface area contributed by atoms with Crippen LogP contribution < -0.4 is 0 Å². The fourth-order valence-corrected chi connectivity index (χ4v) is 1.64. The second kappa shape index (κ2) is 4.46. The van der Waals surface area contributed by atoms with Crippen LogP contribution in [-0.4, -0.2) is 15.1 Å². The van der Waals surface area contributed by atoms with Gasteiger partial charge in [-0.2, -0.15) is 0 Å². The van der Waals surface area contributed by atoms with Gasteiger partial charge in [-0.25, -0.2) is 0 Å². The highest BCUT2D eigenvalue weighted by atomic mass is 16.6. The van der Waals surface area contributed by atoms with Crippen molar-refractivity contribution in [2.75, 3.05) is 0 Å². The van der Waals surface area contributed by atoms with Crippen molar-refractivity contribution in [3.63, 3.8) is 0 Å². The summed E-state index contributed by atoms with van der Waals surface area (Å²) in [5, 5.41) is 18.7. The Morgan fingerprint density at radius 1 is 1.26 bits per heavy atom. The largest absolute Gasteiger partial charge is 0.420 e. The summed E-state index contributed by atoms with van der Waals surface area (Å²) in [6.07, 6.45) is 0. The SMILES string of the molecule is Cc1cc(-c2nnc(C(C)(C)C)o2)ccc1[N+](=O)[O-]. The zero-order valence-electron chi connectivity index (χ0n) is 11.3. The maximum atomic E-state index is 10.8. The van der Waals surface area contributed by atoms with E-state index in [-0.39, 0.29) is 11.1 Å². The summed E-state index contributed by atoms with van der Waals surface area (Å²) in [6, 6.07) is 4.74. The summed E-state index contributed by atoms with van der Waals surface area (Å²) in [4.78, 5) is 10.4. The number of aromatic nitrogens is 2. The number of benzene rings is 1. The number of nitrogens with zero attached hydrogens (tertiary/aromatic N) is 3. The molecule has 1 heterocycles. The average molecular weight is 261 g/mol. The number of rotatable bonds is 2. The molecule has 0 radical (unpaired) electrons. The molecule has 0 amide bonds. The van der Waals surface area contributed by atoms with E-state index in [9.17, 15) is 10.1 Å². The van der Waals surface area contributed by atoms with Gasteiger partial charge < -0.3 is 4.42 Å². The lowest BCUT2D eigenvalue weighted by Crippen LogP contribution is -2.11. The van der Waals surface area contributed by atoms with E-state index in [0.717, 1.165) is 0 Å². The summed E-state index contributed by atoms with van der Waals surface area (Å²) in [5.41, 5.74) is 1.12. The molecule has 1 aromatic carbocycles. The van der Waals surface area contributed by atoms with Crippen LogP contribution in [0.2, 0.25) is 0 Å². The minimum Gasteiger partial charge on any atom is -0.420 e. The average Bonchev–Trinajstić information content (AvgIpc) is 2.76. The third kappa shape index (κ3) is 2.62. The Labute approximate surface area is 110 Å². The second-order valence-electron chi connectivity index (χ2n) is 5.42. The fourth-order valence-electron chi connectivity index (χ4n) is 1.64. The molecule has 100 valence electrons. The molecule has 0 unspecified atom stereocenters. The number of aryl methyl sites for hydroxylation is 1. The first-order valence-electron chi connectivity index (χ1n) is 5.88. The highest BCUT2D eigenvalue weighted by molar-refractivity contribution is 5.58. The van der Waals surface area contributed by atoms with Crippen molar-refractivity contribution in [1.82, 2.24) is 10.2 Å². The maximum absolute atomic E-state index is 10.8. The van der Waals surface area contributed by atoms with Gasteiger partial charge in [0, 0.05) is 22.6 Å². The monoisotopic (exact) mass is 261 g/mol. The molecule has 2 aromatic rings. The zero-order valence-corrected chi connectivity index (χ0v) is 11.3. The van der Waals surface area contributed by atoms with E-state index in [1.807, 2.05) is 20.8 Å². The van der Waals surface area contributed by atoms with Crippen LogP contribution in [0.1, 0.15) is 32.2 Å². The Hall–Kier alpha value is -2.24. The van der Waals surface area contributed by atoms with Crippen molar-refractivity contribution in [3.8, 4) is 11.5 Å². The van der Waals surface area contributed by atoms with E-state index in [0.29, 0.717) is 22.9 Å². The van der Waals surface area contributed by atoms with Crippen LogP contribution in [0.25, 0.3) is 11.5 Å². The lowest BCUT2D eigenvalue weighted by molar-refractivity contribution is -0.385. The van der Waals surface area contributed by atoms with E-state index in [4.69, 9.17) is 4.42 Å². The molecule has 1 aromatic heterocycles. The number of nitro groups is 1. The van der Waals surface area contributed by atoms with Crippen molar-refractivity contribution in [2.45, 2.75) is 33.1 Å². The molecule has 0 bridgehead atoms. The summed E-state index contributed by atoms with van der Waals surface area (Å²) < 4.78 is 5.60. The Balaban J connectivity index is 2.40. The van der Waals surface area contributed by atoms with Gasteiger partial charge in [0.2, 0.25) is 11.8 Å². The quantitative estimate of drug-likeness (QED) is 0.612. The van der Waals surface area contributed by atoms with Gasteiger partial charge in [0.05, 0.1) is 4.92 Å². The van der Waals surface area contributed by atoms with Gasteiger partial charge in [-0.05, 0) is 19.1 Å². The van der Waals surface area contributed by atoms with E-state index in [2.05, 4.69) is 10.2 Å². The molecule has 0 fully saturated rings. The zero-order chi connectivity index (χ0) is 14.2. The smallest absolute Gasteiger partial charge is 0.272 e. The van der Waals surface area contributed by atoms with Crippen molar-refractivity contribution < 1.29 is 9.34 Å². The first-order valence-corrected chi connectivity index (χ1v) is 5.88. The van der Waals surface area contributed by atoms with Crippen LogP contribution in [0.3, 0.4) is 0 Å². The number of hydrogen-bond donors (Lipinski definition) is 0. The van der Waals surface area contributed by atoms with E-state index >= 15 is 0 Å². The predicted octanol–water partition coefficient (Wildman–Crippen LogP) is 3.25. The standard InChI is InChI=1S/C13H15N3O3/c1-8-7-9(5-6-10(8)16(17)18)11-14-15-12(19-11)13(2,3)4/h5-7H,1-4H3. The minimum absolute atomic E-state index is 0.0827. The molecular formula is C13H15N3O3. The first-order chi connectivity index (χ1) is 8.79. The van der Waals surface area contributed by atoms with Crippen LogP contribution >= 0.6 is 0 Å². The summed E-state index contributed by atoms with van der Waals surface area (Å²) >= 11 is 0. The summed E-state index contributed by atoms with van der Waals surface area (Å²) in [5.74, 6) is 0.918. The molecular weight excluding hydrogens is 246 g/mol. The van der Waals surface area contributed by atoms with Crippen molar-refractivity contribution in [3.05, 3.63) is 39.8 Å². The van der Waals surface area contributed by atoms with E-state index < -0.39 is 4.92 Å². The molecule has 0 aliphatic heterocycles. The molecule has 2 rings (SSSR count). The Bertz CT molecular complexity index is 626. The van der Waals surface area contributed by atoms with Crippen LogP contribution in [0.5, 0.6) is 0 Å². The lowest BCUT2D eigenvalue weighted by atomic mass is 9.97. The third-order valence-electron chi connectivity index (χ3n) is 2.71. The van der Waals surface area contributed by atoms with Gasteiger partial charge in [0.25, 0.3) is 5.69 Å². The van der Waals surface area contributed by atoms with Gasteiger partial charge >= 0.3 is 0 Å². The molecule has 19 heavy (non-hydrogen) atoms. The maximum Gasteiger partial charge on any atom is 0.272 e. The Morgan fingerprint density at radius 2 is 1.95 bits per heavy atom. The molecule has 6 heteroatoms. The van der Waals surface area contributed by atoms with Crippen LogP contribution in [0, 0.1) is 17.0 Å². The molecule has 0 saturated carbocycles. The Morgan fingerprint density at radius 3 is 2.42 bits per heavy atom. The third-order valence-corrected chi connectivity index (χ3v) is 2.71. The molecule has 0 N–H and O–H groups in total. The normalized spacial score (nSPS) is 11.6. The van der Waals surface area contributed by atoms with Crippen LogP contribution in [0.4, 0.5) is 5.69 Å². The number of nitro benzene ring substituents is 1. The molecule has 0 saturated heterocycles. The van der Waals surface area contributed by atoms with Gasteiger partial charge in [-0.3, -0.25) is 10.1 Å². The van der Waals surface area contributed by atoms with Crippen LogP contribution in [-0.2, 0) is 5.41 Å². The minimum atomic E-state index is -0.409. The van der Waals surface area contributed by atoms with Crippen molar-refractivity contribution >= 4 is 5.69 Å². The van der Waals surface area contributed by atoms with Crippen molar-refractivity contribution in [2.24, 2.45) is 0 Å². The number of hydrogen-bond acceptors (Lipinski definition) is 5. The molecule has 0 aliphatic rings. The molecule has 0 aliphatic carbocycles. The van der Waals surface area contributed by atoms with E-state index in [1.165, 1.54) is 6.07 Å². The molecule has 0 spiro atoms. The molecule has 6 nitrogen and oxygen atoms in total. The van der Waals surface area contributed by atoms with Gasteiger partial charge in [0.15, 0.2) is 0 Å². The topological polar surface area (TPSA) is 82.1 Å². The fraction of sp³-hybridized carbons (Fsp3) is 0.385. The summed E-state index contributed by atoms with van der Waals surface area (Å²) in [7, 11) is 0. The lowest BCUT2D eigenvalue weighted by Gasteiger charge is -2.10. The van der Waals surface area contributed by atoms with Gasteiger partial charge in [-0.15, -0.1) is 10.2 Å². The summed E-state index contributed by atoms with van der Waals surface area (Å²) in [6.45, 7) is 7.62.